The van der Waals surface area contributed by atoms with Gasteiger partial charge in [-0.25, -0.2) is 4.99 Å². The molecule has 9 heteroatoms. The summed E-state index contributed by atoms with van der Waals surface area (Å²) >= 11 is 0. The van der Waals surface area contributed by atoms with Crippen LogP contribution < -0.4 is 10.6 Å². The van der Waals surface area contributed by atoms with Crippen LogP contribution in [0.1, 0.15) is 50.2 Å². The van der Waals surface area contributed by atoms with Crippen LogP contribution >= 0.6 is 24.0 Å². The maximum absolute atomic E-state index is 5.41. The summed E-state index contributed by atoms with van der Waals surface area (Å²) in [5.41, 5.74) is 0. The van der Waals surface area contributed by atoms with Crippen molar-refractivity contribution < 1.29 is 4.74 Å². The average molecular weight is 505 g/mol. The Morgan fingerprint density at radius 2 is 1.93 bits per heavy atom. The molecule has 2 aliphatic rings. The molecule has 2 fully saturated rings. The summed E-state index contributed by atoms with van der Waals surface area (Å²) in [6.07, 6.45) is 7.55. The minimum Gasteiger partial charge on any atom is -0.379 e. The fourth-order valence-electron chi connectivity index (χ4n) is 3.67. The lowest BCUT2D eigenvalue weighted by Gasteiger charge is -2.27. The Kier molecular flexibility index (Phi) is 10.5. The predicted octanol–water partition coefficient (Wildman–Crippen LogP) is 1.83. The monoisotopic (exact) mass is 505 g/mol. The number of aryl methyl sites for hydroxylation is 1. The molecule has 8 nitrogen and oxygen atoms in total. The number of rotatable bonds is 7. The number of hydrogen-bond donors (Lipinski definition) is 2. The van der Waals surface area contributed by atoms with E-state index < -0.39 is 0 Å². The molecule has 3 rings (SSSR count). The molecule has 1 aromatic rings. The minimum atomic E-state index is 0. The summed E-state index contributed by atoms with van der Waals surface area (Å²) in [6.45, 7) is 8.36. The van der Waals surface area contributed by atoms with Gasteiger partial charge >= 0.3 is 0 Å². The zero-order valence-corrected chi connectivity index (χ0v) is 19.7. The normalized spacial score (nSPS) is 19.3. The molecule has 0 amide bonds. The maximum Gasteiger partial charge on any atom is 0.191 e. The topological polar surface area (TPSA) is 79.6 Å². The Morgan fingerprint density at radius 3 is 2.61 bits per heavy atom. The van der Waals surface area contributed by atoms with Crippen LogP contribution in [-0.4, -0.2) is 71.1 Å². The number of hydrogen-bond acceptors (Lipinski definition) is 5. The second kappa shape index (κ2) is 12.6. The van der Waals surface area contributed by atoms with Crippen LogP contribution in [0, 0.1) is 6.92 Å². The van der Waals surface area contributed by atoms with E-state index in [9.17, 15) is 0 Å². The van der Waals surface area contributed by atoms with Crippen molar-refractivity contribution in [1.82, 2.24) is 30.3 Å². The number of guanidine groups is 1. The molecule has 1 aromatic heterocycles. The molecule has 1 aliphatic heterocycles. The first-order valence-corrected chi connectivity index (χ1v) is 10.4. The molecule has 1 saturated carbocycles. The van der Waals surface area contributed by atoms with Crippen molar-refractivity contribution in [3.05, 3.63) is 11.6 Å². The van der Waals surface area contributed by atoms with E-state index in [-0.39, 0.29) is 24.0 Å². The Bertz CT molecular complexity index is 595. The first kappa shape index (κ1) is 23.3. The first-order chi connectivity index (χ1) is 13.2. The molecular formula is C19H36IN7O. The molecule has 28 heavy (non-hydrogen) atoms. The highest BCUT2D eigenvalue weighted by Gasteiger charge is 2.15. The maximum atomic E-state index is 5.41. The van der Waals surface area contributed by atoms with E-state index in [1.807, 2.05) is 18.5 Å². The van der Waals surface area contributed by atoms with E-state index in [1.165, 1.54) is 32.1 Å². The Hall–Kier alpha value is -0.940. The molecule has 0 radical (unpaired) electrons. The molecular weight excluding hydrogens is 469 g/mol. The van der Waals surface area contributed by atoms with Gasteiger partial charge in [-0.05, 0) is 32.7 Å². The molecule has 2 N–H and O–H groups in total. The summed E-state index contributed by atoms with van der Waals surface area (Å²) in [4.78, 5) is 7.26. The molecule has 0 spiro atoms. The number of halogens is 1. The lowest BCUT2D eigenvalue weighted by Crippen LogP contribution is -2.45. The van der Waals surface area contributed by atoms with Gasteiger partial charge in [0.1, 0.15) is 12.4 Å². The van der Waals surface area contributed by atoms with Crippen LogP contribution in [0.2, 0.25) is 0 Å². The minimum absolute atomic E-state index is 0. The number of nitrogens with zero attached hydrogens (tertiary/aromatic N) is 5. The summed E-state index contributed by atoms with van der Waals surface area (Å²) in [6, 6.07) is 0.533. The van der Waals surface area contributed by atoms with Crippen LogP contribution in [0.15, 0.2) is 4.99 Å². The SMILES string of the molecule is Cc1nnc(CN=C(NCCCN2CCOCC2)NC2CCCCC2)n1C.I. The molecule has 0 atom stereocenters. The van der Waals surface area contributed by atoms with Crippen LogP contribution in [0.5, 0.6) is 0 Å². The number of aromatic nitrogens is 3. The van der Waals surface area contributed by atoms with Crippen molar-refractivity contribution in [1.29, 1.82) is 0 Å². The Morgan fingerprint density at radius 1 is 1.18 bits per heavy atom. The smallest absolute Gasteiger partial charge is 0.191 e. The van der Waals surface area contributed by atoms with E-state index >= 15 is 0 Å². The number of ether oxygens (including phenoxy) is 1. The molecule has 1 saturated heterocycles. The average Bonchev–Trinajstić information content (AvgIpc) is 3.03. The first-order valence-electron chi connectivity index (χ1n) is 10.4. The molecule has 0 unspecified atom stereocenters. The van der Waals surface area contributed by atoms with Crippen molar-refractivity contribution in [3.63, 3.8) is 0 Å². The summed E-state index contributed by atoms with van der Waals surface area (Å²) in [7, 11) is 1.99. The summed E-state index contributed by atoms with van der Waals surface area (Å²) in [5, 5.41) is 15.5. The quantitative estimate of drug-likeness (QED) is 0.255. The van der Waals surface area contributed by atoms with Crippen molar-refractivity contribution in [2.45, 2.75) is 58.0 Å². The Labute approximate surface area is 185 Å². The molecule has 0 bridgehead atoms. The molecule has 0 aromatic carbocycles. The van der Waals surface area contributed by atoms with Crippen molar-refractivity contribution >= 4 is 29.9 Å². The van der Waals surface area contributed by atoms with Gasteiger partial charge in [-0.1, -0.05) is 19.3 Å². The number of nitrogens with one attached hydrogen (secondary N) is 2. The van der Waals surface area contributed by atoms with E-state index in [0.29, 0.717) is 12.6 Å². The van der Waals surface area contributed by atoms with Crippen LogP contribution in [0.4, 0.5) is 0 Å². The zero-order chi connectivity index (χ0) is 18.9. The highest BCUT2D eigenvalue weighted by molar-refractivity contribution is 14.0. The second-order valence-electron chi connectivity index (χ2n) is 7.60. The second-order valence-corrected chi connectivity index (χ2v) is 7.60. The van der Waals surface area contributed by atoms with Gasteiger partial charge < -0.3 is 19.9 Å². The van der Waals surface area contributed by atoms with Crippen molar-refractivity contribution in [2.75, 3.05) is 39.4 Å². The van der Waals surface area contributed by atoms with Gasteiger partial charge in [0.25, 0.3) is 0 Å². The fraction of sp³-hybridized carbons (Fsp3) is 0.842. The molecule has 2 heterocycles. The van der Waals surface area contributed by atoms with Crippen LogP contribution in [0.25, 0.3) is 0 Å². The third-order valence-electron chi connectivity index (χ3n) is 5.55. The largest absolute Gasteiger partial charge is 0.379 e. The van der Waals surface area contributed by atoms with Gasteiger partial charge in [0.05, 0.1) is 13.2 Å². The highest BCUT2D eigenvalue weighted by Crippen LogP contribution is 2.17. The van der Waals surface area contributed by atoms with Gasteiger partial charge in [-0.3, -0.25) is 4.90 Å². The fourth-order valence-corrected chi connectivity index (χ4v) is 3.67. The molecule has 160 valence electrons. The number of aliphatic imine (C=N–C) groups is 1. The van der Waals surface area contributed by atoms with Gasteiger partial charge in [-0.15, -0.1) is 34.2 Å². The lowest BCUT2D eigenvalue weighted by atomic mass is 9.96. The van der Waals surface area contributed by atoms with Gasteiger partial charge in [0.2, 0.25) is 0 Å². The summed E-state index contributed by atoms with van der Waals surface area (Å²) < 4.78 is 7.41. The van der Waals surface area contributed by atoms with Crippen molar-refractivity contribution in [2.24, 2.45) is 12.0 Å². The van der Waals surface area contributed by atoms with E-state index in [2.05, 4.69) is 25.7 Å². The zero-order valence-electron chi connectivity index (χ0n) is 17.3. The summed E-state index contributed by atoms with van der Waals surface area (Å²) in [5.74, 6) is 2.72. The van der Waals surface area contributed by atoms with E-state index in [4.69, 9.17) is 9.73 Å². The lowest BCUT2D eigenvalue weighted by molar-refractivity contribution is 0.0376. The third kappa shape index (κ3) is 7.47. The van der Waals surface area contributed by atoms with Gasteiger partial charge in [0.15, 0.2) is 11.8 Å². The predicted molar refractivity (Wildman–Crippen MR) is 122 cm³/mol. The van der Waals surface area contributed by atoms with E-state index in [1.54, 1.807) is 0 Å². The highest BCUT2D eigenvalue weighted by atomic mass is 127. The van der Waals surface area contributed by atoms with Crippen molar-refractivity contribution in [3.8, 4) is 0 Å². The van der Waals surface area contributed by atoms with Gasteiger partial charge in [0, 0.05) is 32.7 Å². The Balaban J connectivity index is 0.00000280. The molecule has 1 aliphatic carbocycles. The van der Waals surface area contributed by atoms with Crippen LogP contribution in [-0.2, 0) is 18.3 Å². The van der Waals surface area contributed by atoms with Gasteiger partial charge in [-0.2, -0.15) is 0 Å². The third-order valence-corrected chi connectivity index (χ3v) is 5.55. The standard InChI is InChI=1S/C19H35N7O.HI/c1-16-23-24-18(25(16)2)15-21-19(22-17-7-4-3-5-8-17)20-9-6-10-26-11-13-27-14-12-26;/h17H,3-15H2,1-2H3,(H2,20,21,22);1H. The van der Waals surface area contributed by atoms with E-state index in [0.717, 1.165) is 63.4 Å². The van der Waals surface area contributed by atoms with Crippen LogP contribution in [0.3, 0.4) is 0 Å². The number of morpholine rings is 1.